The zero-order valence-electron chi connectivity index (χ0n) is 44.4. The first-order valence-electron chi connectivity index (χ1n) is 29.3. The zero-order valence-corrected chi connectivity index (χ0v) is 44.4. The molecule has 1 N–H and O–H groups in total. The lowest BCUT2D eigenvalue weighted by Crippen LogP contribution is -2.32. The summed E-state index contributed by atoms with van der Waals surface area (Å²) in [6, 6.07) is 5.65. The van der Waals surface area contributed by atoms with Gasteiger partial charge in [0.15, 0.2) is 0 Å². The van der Waals surface area contributed by atoms with Crippen LogP contribution in [0.3, 0.4) is 0 Å². The van der Waals surface area contributed by atoms with Gasteiger partial charge < -0.3 is 24.3 Å². The van der Waals surface area contributed by atoms with E-state index in [-0.39, 0.29) is 12.2 Å². The Bertz CT molecular complexity index is 1080. The van der Waals surface area contributed by atoms with Gasteiger partial charge in [0.05, 0.1) is 44.8 Å². The van der Waals surface area contributed by atoms with Gasteiger partial charge in [-0.25, -0.2) is 4.79 Å². The predicted octanol–water partition coefficient (Wildman–Crippen LogP) is 18.5. The lowest BCUT2D eigenvalue weighted by atomic mass is 10.0. The summed E-state index contributed by atoms with van der Waals surface area (Å²) in [7, 11) is 0. The second kappa shape index (κ2) is 52.7. The number of nitrogens with one attached hydrogen (secondary N) is 1. The SMILES string of the molecule is CCCCCCCCCCCCCCCCCCCCCCCC(COCCOCCCCCCCCCCCCCCCCCCCCCC)OCC(C)OC(=O)NCc1ccccn1. The van der Waals surface area contributed by atoms with Crippen molar-refractivity contribution >= 4 is 6.09 Å². The average molecular weight is 930 g/mol. The molecule has 7 nitrogen and oxygen atoms in total. The molecule has 0 radical (unpaired) electrons. The molecule has 1 aromatic rings. The van der Waals surface area contributed by atoms with Crippen LogP contribution in [0.2, 0.25) is 0 Å². The molecule has 7 heteroatoms. The molecule has 1 amide bonds. The molecule has 0 aliphatic carbocycles. The molecule has 0 aliphatic heterocycles. The van der Waals surface area contributed by atoms with E-state index >= 15 is 0 Å². The minimum atomic E-state index is -0.453. The second-order valence-electron chi connectivity index (χ2n) is 20.1. The normalized spacial score (nSPS) is 12.5. The number of carbonyl (C=O) groups excluding carboxylic acids is 1. The molecule has 388 valence electrons. The van der Waals surface area contributed by atoms with Crippen LogP contribution in [0.25, 0.3) is 0 Å². The van der Waals surface area contributed by atoms with Gasteiger partial charge in [0, 0.05) is 12.8 Å². The summed E-state index contributed by atoms with van der Waals surface area (Å²) >= 11 is 0. The van der Waals surface area contributed by atoms with Gasteiger partial charge in [-0.2, -0.15) is 0 Å². The van der Waals surface area contributed by atoms with E-state index in [1.54, 1.807) is 6.20 Å². The highest BCUT2D eigenvalue weighted by atomic mass is 16.6. The van der Waals surface area contributed by atoms with Crippen molar-refractivity contribution in [2.24, 2.45) is 0 Å². The minimum Gasteiger partial charge on any atom is -0.444 e. The molecule has 1 aromatic heterocycles. The first kappa shape index (κ1) is 62.3. The maximum atomic E-state index is 12.4. The minimum absolute atomic E-state index is 0.0162. The summed E-state index contributed by atoms with van der Waals surface area (Å²) in [5.41, 5.74) is 0.797. The Kier molecular flexibility index (Phi) is 49.7. The van der Waals surface area contributed by atoms with E-state index in [9.17, 15) is 4.79 Å². The van der Waals surface area contributed by atoms with E-state index in [0.29, 0.717) is 33.0 Å². The number of hydrogen-bond acceptors (Lipinski definition) is 6. The summed E-state index contributed by atoms with van der Waals surface area (Å²) in [6.07, 6.45) is 59.1. The van der Waals surface area contributed by atoms with Gasteiger partial charge >= 0.3 is 6.09 Å². The quantitative estimate of drug-likeness (QED) is 0.0656. The highest BCUT2D eigenvalue weighted by Gasteiger charge is 2.15. The Balaban J connectivity index is 2.08. The van der Waals surface area contributed by atoms with Gasteiger partial charge in [0.2, 0.25) is 0 Å². The highest BCUT2D eigenvalue weighted by molar-refractivity contribution is 5.67. The molecule has 0 fully saturated rings. The van der Waals surface area contributed by atoms with Gasteiger partial charge in [0.1, 0.15) is 6.10 Å². The van der Waals surface area contributed by atoms with Crippen LogP contribution in [0.4, 0.5) is 4.79 Å². The van der Waals surface area contributed by atoms with Crippen molar-refractivity contribution in [1.82, 2.24) is 10.3 Å². The van der Waals surface area contributed by atoms with Crippen molar-refractivity contribution in [2.45, 2.75) is 309 Å². The predicted molar refractivity (Wildman–Crippen MR) is 284 cm³/mol. The molecule has 0 saturated carbocycles. The Labute approximate surface area is 411 Å². The third-order valence-electron chi connectivity index (χ3n) is 13.5. The summed E-state index contributed by atoms with van der Waals surface area (Å²) in [4.78, 5) is 16.6. The number of alkyl carbamates (subject to hydrolysis) is 1. The van der Waals surface area contributed by atoms with E-state index in [1.807, 2.05) is 25.1 Å². The van der Waals surface area contributed by atoms with Crippen LogP contribution in [0.1, 0.15) is 296 Å². The summed E-state index contributed by atoms with van der Waals surface area (Å²) in [6.45, 7) is 9.74. The largest absolute Gasteiger partial charge is 0.444 e. The monoisotopic (exact) mass is 929 g/mol. The number of pyridine rings is 1. The molecule has 2 atom stereocenters. The standard InChI is InChI=1S/C59H112N2O5/c1-4-6-8-10-12-14-16-18-20-22-24-26-27-29-31-33-35-37-39-41-43-48-58(65-54-56(3)66-59(62)61-53-57-47-44-45-49-60-57)55-64-52-51-63-50-46-42-40-38-36-34-32-30-28-25-23-21-19-17-15-13-11-9-7-5-2/h44-45,47,49,56,58H,4-43,46,48,50-55H2,1-3H3,(H,61,62). The number of rotatable bonds is 54. The van der Waals surface area contributed by atoms with Gasteiger partial charge in [-0.1, -0.05) is 277 Å². The van der Waals surface area contributed by atoms with Crippen molar-refractivity contribution in [1.29, 1.82) is 0 Å². The molecular formula is C59H112N2O5. The van der Waals surface area contributed by atoms with Crippen molar-refractivity contribution < 1.29 is 23.7 Å². The lowest BCUT2D eigenvalue weighted by molar-refractivity contribution is -0.0589. The maximum absolute atomic E-state index is 12.4. The molecule has 0 aromatic carbocycles. The number of carbonyl (C=O) groups is 1. The van der Waals surface area contributed by atoms with Crippen LogP contribution in [0.5, 0.6) is 0 Å². The number of unbranched alkanes of at least 4 members (excludes halogenated alkanes) is 39. The molecule has 0 aliphatic rings. The Morgan fingerprint density at radius 3 is 1.24 bits per heavy atom. The van der Waals surface area contributed by atoms with Gasteiger partial charge in [-0.05, 0) is 31.9 Å². The third-order valence-corrected chi connectivity index (χ3v) is 13.5. The maximum Gasteiger partial charge on any atom is 0.407 e. The van der Waals surface area contributed by atoms with Gasteiger partial charge in [-0.15, -0.1) is 0 Å². The molecule has 0 saturated heterocycles. The Morgan fingerprint density at radius 1 is 0.470 bits per heavy atom. The van der Waals surface area contributed by atoms with Crippen LogP contribution in [-0.2, 0) is 25.5 Å². The topological polar surface area (TPSA) is 78.9 Å². The molecule has 1 heterocycles. The lowest BCUT2D eigenvalue weighted by Gasteiger charge is -2.21. The molecule has 66 heavy (non-hydrogen) atoms. The van der Waals surface area contributed by atoms with E-state index in [4.69, 9.17) is 18.9 Å². The van der Waals surface area contributed by atoms with E-state index < -0.39 is 6.09 Å². The fraction of sp³-hybridized carbons (Fsp3) is 0.898. The van der Waals surface area contributed by atoms with Gasteiger partial charge in [0.25, 0.3) is 0 Å². The first-order valence-corrected chi connectivity index (χ1v) is 29.3. The molecule has 0 spiro atoms. The summed E-state index contributed by atoms with van der Waals surface area (Å²) in [5, 5.41) is 2.79. The third kappa shape index (κ3) is 47.4. The van der Waals surface area contributed by atoms with Crippen LogP contribution in [0, 0.1) is 0 Å². The fourth-order valence-corrected chi connectivity index (χ4v) is 9.11. The molecule has 0 bridgehead atoms. The first-order chi connectivity index (χ1) is 32.7. The fourth-order valence-electron chi connectivity index (χ4n) is 9.11. The average Bonchev–Trinajstić information content (AvgIpc) is 3.33. The Hall–Kier alpha value is -1.70. The van der Waals surface area contributed by atoms with Crippen molar-refractivity contribution in [3.05, 3.63) is 30.1 Å². The molecule has 2 unspecified atom stereocenters. The number of amides is 1. The van der Waals surface area contributed by atoms with Crippen LogP contribution >= 0.6 is 0 Å². The Morgan fingerprint density at radius 2 is 0.848 bits per heavy atom. The van der Waals surface area contributed by atoms with E-state index in [2.05, 4.69) is 24.1 Å². The van der Waals surface area contributed by atoms with Crippen LogP contribution < -0.4 is 5.32 Å². The van der Waals surface area contributed by atoms with Crippen molar-refractivity contribution in [2.75, 3.05) is 33.0 Å². The van der Waals surface area contributed by atoms with Crippen LogP contribution in [0.15, 0.2) is 24.4 Å². The number of hydrogen-bond donors (Lipinski definition) is 1. The summed E-state index contributed by atoms with van der Waals surface area (Å²) < 4.78 is 23.8. The van der Waals surface area contributed by atoms with Crippen molar-refractivity contribution in [3.63, 3.8) is 0 Å². The zero-order chi connectivity index (χ0) is 47.3. The number of ether oxygens (including phenoxy) is 4. The van der Waals surface area contributed by atoms with Crippen molar-refractivity contribution in [3.8, 4) is 0 Å². The van der Waals surface area contributed by atoms with E-state index in [1.165, 1.54) is 250 Å². The van der Waals surface area contributed by atoms with Gasteiger partial charge in [-0.3, -0.25) is 4.98 Å². The molecule has 1 rings (SSSR count). The van der Waals surface area contributed by atoms with E-state index in [0.717, 1.165) is 31.6 Å². The second-order valence-corrected chi connectivity index (χ2v) is 20.1. The smallest absolute Gasteiger partial charge is 0.407 e. The number of aromatic nitrogens is 1. The number of nitrogens with zero attached hydrogens (tertiary/aromatic N) is 1. The summed E-state index contributed by atoms with van der Waals surface area (Å²) in [5.74, 6) is 0. The highest BCUT2D eigenvalue weighted by Crippen LogP contribution is 2.18. The van der Waals surface area contributed by atoms with Crippen LogP contribution in [-0.4, -0.2) is 56.3 Å². The molecular weight excluding hydrogens is 817 g/mol.